The average Bonchev–Trinajstić information content (AvgIpc) is 3.32. The van der Waals surface area contributed by atoms with E-state index in [1.165, 1.54) is 56.1 Å². The van der Waals surface area contributed by atoms with Gasteiger partial charge >= 0.3 is 0 Å². The second kappa shape index (κ2) is 9.95. The third kappa shape index (κ3) is 3.92. The molecule has 222 valence electrons. The summed E-state index contributed by atoms with van der Waals surface area (Å²) < 4.78 is 0. The summed E-state index contributed by atoms with van der Waals surface area (Å²) in [5.41, 5.74) is 3.67. The zero-order valence-corrected chi connectivity index (χ0v) is 26.1. The van der Waals surface area contributed by atoms with Gasteiger partial charge in [0.15, 0.2) is 0 Å². The number of hydrogen-bond acceptors (Lipinski definition) is 3. The predicted molar refractivity (Wildman–Crippen MR) is 165 cm³/mol. The minimum absolute atomic E-state index is 0.110. The summed E-state index contributed by atoms with van der Waals surface area (Å²) in [4.78, 5) is 0. The van der Waals surface area contributed by atoms with Crippen LogP contribution >= 0.6 is 0 Å². The molecule has 0 aromatic heterocycles. The van der Waals surface area contributed by atoms with Gasteiger partial charge in [-0.3, -0.25) is 0 Å². The van der Waals surface area contributed by atoms with Crippen LogP contribution in [0.3, 0.4) is 0 Å². The summed E-state index contributed by atoms with van der Waals surface area (Å²) in [7, 11) is 0. The summed E-state index contributed by atoms with van der Waals surface area (Å²) >= 11 is 0. The largest absolute Gasteiger partial charge is 0.396 e. The highest BCUT2D eigenvalue weighted by molar-refractivity contribution is 5.22. The number of rotatable bonds is 6. The maximum atomic E-state index is 11.1. The topological polar surface area (TPSA) is 52.5 Å². The molecular formula is C37H57NO2. The van der Waals surface area contributed by atoms with Crippen LogP contribution in [0.15, 0.2) is 42.5 Å². The Morgan fingerprint density at radius 3 is 2.33 bits per heavy atom. The quantitative estimate of drug-likeness (QED) is 0.319. The Morgan fingerprint density at radius 2 is 1.62 bits per heavy atom. The van der Waals surface area contributed by atoms with Crippen LogP contribution in [0.25, 0.3) is 0 Å². The van der Waals surface area contributed by atoms with Gasteiger partial charge in [-0.25, -0.2) is 0 Å². The number of nitrogens with one attached hydrogen (secondary N) is 1. The second-order valence-electron chi connectivity index (χ2n) is 16.4. The number of allylic oxidation sites excluding steroid dienone is 1. The third-order valence-corrected chi connectivity index (χ3v) is 15.0. The van der Waals surface area contributed by atoms with E-state index in [0.29, 0.717) is 34.0 Å². The number of fused-ring (bicyclic) bond motifs is 7. The van der Waals surface area contributed by atoms with Crippen LogP contribution in [0, 0.1) is 56.7 Å². The van der Waals surface area contributed by atoms with E-state index >= 15 is 0 Å². The Balaban J connectivity index is 1.31. The Hall–Kier alpha value is -1.16. The van der Waals surface area contributed by atoms with Gasteiger partial charge in [0, 0.05) is 18.5 Å². The van der Waals surface area contributed by atoms with Crippen LogP contribution in [-0.2, 0) is 6.54 Å². The lowest BCUT2D eigenvalue weighted by Gasteiger charge is -2.73. The molecule has 5 aliphatic carbocycles. The smallest absolute Gasteiger partial charge is 0.0618 e. The molecule has 1 aromatic carbocycles. The monoisotopic (exact) mass is 547 g/mol. The maximum absolute atomic E-state index is 11.1. The van der Waals surface area contributed by atoms with Crippen LogP contribution < -0.4 is 5.32 Å². The minimum Gasteiger partial charge on any atom is -0.396 e. The van der Waals surface area contributed by atoms with Gasteiger partial charge in [0.1, 0.15) is 0 Å². The van der Waals surface area contributed by atoms with Crippen LogP contribution in [0.1, 0.15) is 104 Å². The van der Waals surface area contributed by atoms with Crippen LogP contribution in [-0.4, -0.2) is 29.5 Å². The fourth-order valence-corrected chi connectivity index (χ4v) is 12.7. The molecule has 3 heteroatoms. The van der Waals surface area contributed by atoms with Crippen LogP contribution in [0.2, 0.25) is 0 Å². The van der Waals surface area contributed by atoms with Crippen molar-refractivity contribution in [1.82, 2.24) is 5.32 Å². The van der Waals surface area contributed by atoms with Gasteiger partial charge in [-0.15, -0.1) is 0 Å². The van der Waals surface area contributed by atoms with Crippen molar-refractivity contribution in [2.45, 2.75) is 111 Å². The molecule has 0 bridgehead atoms. The molecule has 0 spiro atoms. The van der Waals surface area contributed by atoms with E-state index < -0.39 is 0 Å². The first-order chi connectivity index (χ1) is 19.0. The van der Waals surface area contributed by atoms with E-state index in [-0.39, 0.29) is 23.5 Å². The van der Waals surface area contributed by atoms with E-state index in [0.717, 1.165) is 44.2 Å². The molecule has 0 saturated heterocycles. The summed E-state index contributed by atoms with van der Waals surface area (Å²) in [5.74, 6) is 3.21. The molecule has 0 amide bonds. The van der Waals surface area contributed by atoms with Crippen molar-refractivity contribution >= 4 is 0 Å². The lowest BCUT2D eigenvalue weighted by atomic mass is 9.32. The van der Waals surface area contributed by atoms with Crippen LogP contribution in [0.4, 0.5) is 0 Å². The van der Waals surface area contributed by atoms with Crippen LogP contribution in [0.5, 0.6) is 0 Å². The molecule has 5 saturated carbocycles. The first-order valence-corrected chi connectivity index (χ1v) is 16.6. The summed E-state index contributed by atoms with van der Waals surface area (Å²) in [5, 5.41) is 25.6. The second-order valence-corrected chi connectivity index (χ2v) is 16.4. The van der Waals surface area contributed by atoms with Crippen molar-refractivity contribution in [3.8, 4) is 0 Å². The Kier molecular flexibility index (Phi) is 7.20. The highest BCUT2D eigenvalue weighted by atomic mass is 16.3. The average molecular weight is 548 g/mol. The Labute approximate surface area is 244 Å². The zero-order chi connectivity index (χ0) is 28.6. The predicted octanol–water partition coefficient (Wildman–Crippen LogP) is 7.77. The van der Waals surface area contributed by atoms with Gasteiger partial charge in [0.25, 0.3) is 0 Å². The molecule has 3 N–H and O–H groups in total. The third-order valence-electron chi connectivity index (χ3n) is 15.0. The molecule has 11 atom stereocenters. The molecule has 6 rings (SSSR count). The number of aliphatic hydroxyl groups excluding tert-OH is 2. The molecule has 0 heterocycles. The van der Waals surface area contributed by atoms with E-state index in [2.05, 4.69) is 76.8 Å². The molecular weight excluding hydrogens is 490 g/mol. The first-order valence-electron chi connectivity index (χ1n) is 16.6. The number of hydrogen-bond donors (Lipinski definition) is 3. The lowest BCUT2D eigenvalue weighted by Crippen LogP contribution is -2.67. The number of benzene rings is 1. The van der Waals surface area contributed by atoms with Gasteiger partial charge in [0.05, 0.1) is 12.7 Å². The SMILES string of the molecule is C=C(C)C1CC[C@]2(CNCc3ccccc3)CC[C@]3(C)C(CCC4[C@@]5(C)CC[C@H](O)[C@@](C)(CO)[C@@H]5CC[C@]43C)C12. The van der Waals surface area contributed by atoms with E-state index in [9.17, 15) is 10.2 Å². The van der Waals surface area contributed by atoms with Crippen molar-refractivity contribution in [2.24, 2.45) is 56.7 Å². The summed E-state index contributed by atoms with van der Waals surface area (Å²) in [6, 6.07) is 10.9. The van der Waals surface area contributed by atoms with E-state index in [1.54, 1.807) is 0 Å². The molecule has 40 heavy (non-hydrogen) atoms. The van der Waals surface area contributed by atoms with Gasteiger partial charge in [-0.1, -0.05) is 70.2 Å². The molecule has 4 unspecified atom stereocenters. The highest BCUT2D eigenvalue weighted by Crippen LogP contribution is 2.77. The zero-order valence-electron chi connectivity index (χ0n) is 26.1. The van der Waals surface area contributed by atoms with E-state index in [4.69, 9.17) is 0 Å². The van der Waals surface area contributed by atoms with Crippen molar-refractivity contribution in [3.63, 3.8) is 0 Å². The van der Waals surface area contributed by atoms with E-state index in [1.807, 2.05) is 0 Å². The van der Waals surface area contributed by atoms with Crippen molar-refractivity contribution in [2.75, 3.05) is 13.2 Å². The highest BCUT2D eigenvalue weighted by Gasteiger charge is 2.71. The Morgan fingerprint density at radius 1 is 0.875 bits per heavy atom. The van der Waals surface area contributed by atoms with Gasteiger partial charge in [-0.2, -0.15) is 0 Å². The lowest BCUT2D eigenvalue weighted by molar-refractivity contribution is -0.253. The van der Waals surface area contributed by atoms with Crippen molar-refractivity contribution < 1.29 is 10.2 Å². The summed E-state index contributed by atoms with van der Waals surface area (Å²) in [6.45, 7) is 19.3. The van der Waals surface area contributed by atoms with Gasteiger partial charge < -0.3 is 15.5 Å². The molecule has 1 aromatic rings. The molecule has 5 fully saturated rings. The fourth-order valence-electron chi connectivity index (χ4n) is 12.7. The first kappa shape index (κ1) is 28.9. The fraction of sp³-hybridized carbons (Fsp3) is 0.784. The molecule has 0 radical (unpaired) electrons. The van der Waals surface area contributed by atoms with Crippen molar-refractivity contribution in [1.29, 1.82) is 0 Å². The normalized spacial score (nSPS) is 49.9. The molecule has 0 aliphatic heterocycles. The minimum atomic E-state index is -0.375. The molecule has 5 aliphatic rings. The van der Waals surface area contributed by atoms with Gasteiger partial charge in [0.2, 0.25) is 0 Å². The van der Waals surface area contributed by atoms with Gasteiger partial charge in [-0.05, 0) is 128 Å². The maximum Gasteiger partial charge on any atom is 0.0618 e. The Bertz CT molecular complexity index is 1100. The number of aliphatic hydroxyl groups is 2. The standard InChI is InChI=1S/C37H57NO2/c1-25(2)27-14-19-37(23-38-22-26-10-8-7-9-11-26)21-20-35(5)28(32(27)37)12-13-30-33(3)17-16-31(40)34(4,24-39)29(33)15-18-36(30,35)6/h7-11,27-32,38-40H,1,12-24H2,2-6H3/t27?,28?,29-,30?,31+,32?,33+,34+,35-,36-,37-/m1/s1. The van der Waals surface area contributed by atoms with Crippen molar-refractivity contribution in [3.05, 3.63) is 48.0 Å². The molecule has 3 nitrogen and oxygen atoms in total. The summed E-state index contributed by atoms with van der Waals surface area (Å²) in [6.07, 6.45) is 12.0.